The minimum absolute atomic E-state index is 0.0353. The van der Waals surface area contributed by atoms with Crippen LogP contribution in [-0.4, -0.2) is 41.1 Å². The summed E-state index contributed by atoms with van der Waals surface area (Å²) in [5.41, 5.74) is 2.02. The zero-order valence-electron chi connectivity index (χ0n) is 14.9. The summed E-state index contributed by atoms with van der Waals surface area (Å²) in [6.45, 7) is 0.478. The van der Waals surface area contributed by atoms with E-state index in [0.29, 0.717) is 11.4 Å². The maximum atomic E-state index is 12.1. The summed E-state index contributed by atoms with van der Waals surface area (Å²) >= 11 is 1.13. The standard InChI is InChI=1S/C18H18F3N3O3S/c1-12-3-2-4-13(7-12)23-15(25)9-28-10-16(26)24-14-5-6-17(22-8-14)27-11-18(19,20)21/h2-8H,9-11H2,1H3,(H,23,25)(H,24,26). The van der Waals surface area contributed by atoms with Crippen molar-refractivity contribution in [3.63, 3.8) is 0 Å². The number of rotatable bonds is 8. The SMILES string of the molecule is Cc1cccc(NC(=O)CSCC(=O)Nc2ccc(OCC(F)(F)F)nc2)c1. The van der Waals surface area contributed by atoms with Gasteiger partial charge in [0.15, 0.2) is 6.61 Å². The molecule has 0 saturated heterocycles. The zero-order valence-corrected chi connectivity index (χ0v) is 15.7. The van der Waals surface area contributed by atoms with Gasteiger partial charge in [-0.2, -0.15) is 13.2 Å². The highest BCUT2D eigenvalue weighted by Crippen LogP contribution is 2.18. The molecule has 0 saturated carbocycles. The van der Waals surface area contributed by atoms with Gasteiger partial charge in [-0.25, -0.2) is 4.98 Å². The Morgan fingerprint density at radius 1 is 1.07 bits per heavy atom. The van der Waals surface area contributed by atoms with Crippen molar-refractivity contribution in [1.82, 2.24) is 4.98 Å². The molecule has 0 aliphatic carbocycles. The highest BCUT2D eigenvalue weighted by molar-refractivity contribution is 8.00. The van der Waals surface area contributed by atoms with Crippen molar-refractivity contribution < 1.29 is 27.5 Å². The number of aryl methyl sites for hydroxylation is 1. The first-order valence-corrected chi connectivity index (χ1v) is 9.26. The van der Waals surface area contributed by atoms with Crippen molar-refractivity contribution in [2.45, 2.75) is 13.1 Å². The van der Waals surface area contributed by atoms with Crippen molar-refractivity contribution >= 4 is 35.0 Å². The number of thioether (sulfide) groups is 1. The van der Waals surface area contributed by atoms with Gasteiger partial charge in [0.25, 0.3) is 0 Å². The molecule has 0 unspecified atom stereocenters. The van der Waals surface area contributed by atoms with Crippen LogP contribution in [0.1, 0.15) is 5.56 Å². The van der Waals surface area contributed by atoms with Crippen LogP contribution < -0.4 is 15.4 Å². The Hall–Kier alpha value is -2.75. The number of ether oxygens (including phenoxy) is 1. The van der Waals surface area contributed by atoms with Crippen LogP contribution in [0.15, 0.2) is 42.6 Å². The zero-order chi connectivity index (χ0) is 20.6. The second kappa shape index (κ2) is 9.98. The van der Waals surface area contributed by atoms with Crippen LogP contribution in [0.25, 0.3) is 0 Å². The number of nitrogens with one attached hydrogen (secondary N) is 2. The number of hydrogen-bond donors (Lipinski definition) is 2. The lowest BCUT2D eigenvalue weighted by Crippen LogP contribution is -2.20. The molecule has 10 heteroatoms. The van der Waals surface area contributed by atoms with Gasteiger partial charge in [0.2, 0.25) is 17.7 Å². The van der Waals surface area contributed by atoms with E-state index in [4.69, 9.17) is 0 Å². The first kappa shape index (κ1) is 21.5. The summed E-state index contributed by atoms with van der Waals surface area (Å²) < 4.78 is 40.7. The first-order chi connectivity index (χ1) is 13.2. The van der Waals surface area contributed by atoms with E-state index >= 15 is 0 Å². The third-order valence-electron chi connectivity index (χ3n) is 3.17. The Morgan fingerprint density at radius 2 is 1.75 bits per heavy atom. The van der Waals surface area contributed by atoms with Gasteiger partial charge in [-0.3, -0.25) is 9.59 Å². The van der Waals surface area contributed by atoms with Gasteiger partial charge < -0.3 is 15.4 Å². The van der Waals surface area contributed by atoms with Gasteiger partial charge in [0.1, 0.15) is 0 Å². The largest absolute Gasteiger partial charge is 0.468 e. The number of anilines is 2. The van der Waals surface area contributed by atoms with Gasteiger partial charge in [-0.15, -0.1) is 11.8 Å². The van der Waals surface area contributed by atoms with E-state index < -0.39 is 12.8 Å². The summed E-state index contributed by atoms with van der Waals surface area (Å²) in [6.07, 6.45) is -3.25. The molecular weight excluding hydrogens is 395 g/mol. The molecule has 150 valence electrons. The fourth-order valence-corrected chi connectivity index (χ4v) is 2.67. The third-order valence-corrected chi connectivity index (χ3v) is 4.10. The topological polar surface area (TPSA) is 80.3 Å². The highest BCUT2D eigenvalue weighted by Gasteiger charge is 2.28. The molecule has 0 radical (unpaired) electrons. The van der Waals surface area contributed by atoms with Crippen molar-refractivity contribution in [2.24, 2.45) is 0 Å². The third kappa shape index (κ3) is 8.30. The molecule has 2 N–H and O–H groups in total. The summed E-state index contributed by atoms with van der Waals surface area (Å²) in [6, 6.07) is 9.97. The van der Waals surface area contributed by atoms with Crippen molar-refractivity contribution in [3.8, 4) is 5.88 Å². The number of hydrogen-bond acceptors (Lipinski definition) is 5. The Labute approximate surface area is 163 Å². The molecule has 0 spiro atoms. The Kier molecular flexibility index (Phi) is 7.68. The molecule has 0 aliphatic heterocycles. The maximum absolute atomic E-state index is 12.1. The monoisotopic (exact) mass is 413 g/mol. The normalized spacial score (nSPS) is 11.0. The van der Waals surface area contributed by atoms with E-state index in [-0.39, 0.29) is 29.2 Å². The maximum Gasteiger partial charge on any atom is 0.422 e. The average Bonchev–Trinajstić information content (AvgIpc) is 2.60. The number of nitrogens with zero attached hydrogens (tertiary/aromatic N) is 1. The fraction of sp³-hybridized carbons (Fsp3) is 0.278. The van der Waals surface area contributed by atoms with Gasteiger partial charge in [-0.1, -0.05) is 12.1 Å². The Bertz CT molecular complexity index is 814. The average molecular weight is 413 g/mol. The van der Waals surface area contributed by atoms with Crippen LogP contribution in [0, 0.1) is 6.92 Å². The fourth-order valence-electron chi connectivity index (χ4n) is 2.05. The molecule has 1 aromatic carbocycles. The minimum atomic E-state index is -4.45. The van der Waals surface area contributed by atoms with Crippen LogP contribution in [0.2, 0.25) is 0 Å². The minimum Gasteiger partial charge on any atom is -0.468 e. The van der Waals surface area contributed by atoms with E-state index in [2.05, 4.69) is 20.4 Å². The molecule has 28 heavy (non-hydrogen) atoms. The highest BCUT2D eigenvalue weighted by atomic mass is 32.2. The second-order valence-electron chi connectivity index (χ2n) is 5.75. The lowest BCUT2D eigenvalue weighted by atomic mass is 10.2. The van der Waals surface area contributed by atoms with E-state index in [0.717, 1.165) is 17.3 Å². The number of alkyl halides is 3. The molecule has 2 rings (SSSR count). The summed E-state index contributed by atoms with van der Waals surface area (Å²) in [4.78, 5) is 27.4. The number of benzene rings is 1. The molecule has 1 heterocycles. The summed E-state index contributed by atoms with van der Waals surface area (Å²) in [5.74, 6) is -0.648. The number of carbonyl (C=O) groups excluding carboxylic acids is 2. The smallest absolute Gasteiger partial charge is 0.422 e. The van der Waals surface area contributed by atoms with Gasteiger partial charge in [-0.05, 0) is 30.7 Å². The predicted octanol–water partition coefficient (Wildman–Crippen LogP) is 3.64. The summed E-state index contributed by atoms with van der Waals surface area (Å²) in [7, 11) is 0. The van der Waals surface area contributed by atoms with Crippen molar-refractivity contribution in [2.75, 3.05) is 28.7 Å². The molecular formula is C18H18F3N3O3S. The van der Waals surface area contributed by atoms with Gasteiger partial charge in [0, 0.05) is 11.8 Å². The van der Waals surface area contributed by atoms with Gasteiger partial charge in [0.05, 0.1) is 23.4 Å². The molecule has 1 aromatic heterocycles. The number of amides is 2. The number of aromatic nitrogens is 1. The molecule has 6 nitrogen and oxygen atoms in total. The van der Waals surface area contributed by atoms with Gasteiger partial charge >= 0.3 is 6.18 Å². The van der Waals surface area contributed by atoms with E-state index in [1.807, 2.05) is 25.1 Å². The van der Waals surface area contributed by atoms with Crippen LogP contribution in [0.3, 0.4) is 0 Å². The Morgan fingerprint density at radius 3 is 2.32 bits per heavy atom. The van der Waals surface area contributed by atoms with Crippen molar-refractivity contribution in [3.05, 3.63) is 48.2 Å². The molecule has 0 atom stereocenters. The number of halogens is 3. The molecule has 0 bridgehead atoms. The second-order valence-corrected chi connectivity index (χ2v) is 6.73. The molecule has 2 aromatic rings. The van der Waals surface area contributed by atoms with E-state index in [1.165, 1.54) is 18.3 Å². The van der Waals surface area contributed by atoms with Crippen LogP contribution in [0.5, 0.6) is 5.88 Å². The van der Waals surface area contributed by atoms with Crippen LogP contribution in [0.4, 0.5) is 24.5 Å². The van der Waals surface area contributed by atoms with Crippen LogP contribution >= 0.6 is 11.8 Å². The summed E-state index contributed by atoms with van der Waals surface area (Å²) in [5, 5.41) is 5.28. The van der Waals surface area contributed by atoms with E-state index in [1.54, 1.807) is 6.07 Å². The van der Waals surface area contributed by atoms with Crippen molar-refractivity contribution in [1.29, 1.82) is 0 Å². The number of pyridine rings is 1. The molecule has 2 amide bonds. The number of carbonyl (C=O) groups is 2. The predicted molar refractivity (Wildman–Crippen MR) is 102 cm³/mol. The molecule has 0 fully saturated rings. The lowest BCUT2D eigenvalue weighted by molar-refractivity contribution is -0.154. The quantitative estimate of drug-likeness (QED) is 0.691. The lowest BCUT2D eigenvalue weighted by Gasteiger charge is -2.09. The first-order valence-electron chi connectivity index (χ1n) is 8.11. The van der Waals surface area contributed by atoms with E-state index in [9.17, 15) is 22.8 Å². The van der Waals surface area contributed by atoms with Crippen LogP contribution in [-0.2, 0) is 9.59 Å². The molecule has 0 aliphatic rings. The Balaban J connectivity index is 1.70.